The third-order valence-electron chi connectivity index (χ3n) is 2.09. The fourth-order valence-electron chi connectivity index (χ4n) is 1.37. The number of hydrogen-bond acceptors (Lipinski definition) is 3. The number of nitrogen functional groups attached to an aromatic ring is 1. The molecule has 1 unspecified atom stereocenters. The van der Waals surface area contributed by atoms with Crippen LogP contribution in [0.15, 0.2) is 12.3 Å². The Bertz CT molecular complexity index is 283. The van der Waals surface area contributed by atoms with Crippen LogP contribution >= 0.6 is 0 Å². The molecule has 1 atom stereocenters. The zero-order chi connectivity index (χ0) is 9.84. The molecule has 0 aromatic carbocycles. The average Bonchev–Trinajstić information content (AvgIpc) is 2.09. The maximum absolute atomic E-state index is 5.96. The van der Waals surface area contributed by atoms with Crippen molar-refractivity contribution in [1.82, 2.24) is 4.98 Å². The van der Waals surface area contributed by atoms with Crippen molar-refractivity contribution >= 4 is 5.82 Å². The summed E-state index contributed by atoms with van der Waals surface area (Å²) in [6.45, 7) is 4.11. The van der Waals surface area contributed by atoms with E-state index >= 15 is 0 Å². The molecular weight excluding hydrogens is 162 g/mol. The second-order valence-corrected chi connectivity index (χ2v) is 3.38. The van der Waals surface area contributed by atoms with E-state index in [9.17, 15) is 0 Å². The van der Waals surface area contributed by atoms with Crippen LogP contribution in [0.25, 0.3) is 0 Å². The van der Waals surface area contributed by atoms with Crippen LogP contribution in [0.2, 0.25) is 0 Å². The first-order chi connectivity index (χ1) is 6.15. The molecule has 1 rings (SSSR count). The van der Waals surface area contributed by atoms with Crippen molar-refractivity contribution in [2.75, 3.05) is 5.73 Å². The zero-order valence-electron chi connectivity index (χ0n) is 8.25. The molecule has 0 bridgehead atoms. The van der Waals surface area contributed by atoms with Gasteiger partial charge in [-0.2, -0.15) is 0 Å². The van der Waals surface area contributed by atoms with Gasteiger partial charge in [0, 0.05) is 17.8 Å². The minimum absolute atomic E-state index is 0.0254. The zero-order valence-corrected chi connectivity index (χ0v) is 8.25. The highest BCUT2D eigenvalue weighted by atomic mass is 14.8. The highest BCUT2D eigenvalue weighted by Crippen LogP contribution is 2.20. The van der Waals surface area contributed by atoms with Crippen molar-refractivity contribution < 1.29 is 0 Å². The highest BCUT2D eigenvalue weighted by molar-refractivity contribution is 5.42. The monoisotopic (exact) mass is 179 g/mol. The van der Waals surface area contributed by atoms with Gasteiger partial charge >= 0.3 is 0 Å². The van der Waals surface area contributed by atoms with Gasteiger partial charge in [-0.05, 0) is 25.0 Å². The quantitative estimate of drug-likeness (QED) is 0.743. The molecule has 4 N–H and O–H groups in total. The number of anilines is 1. The van der Waals surface area contributed by atoms with Gasteiger partial charge in [0.25, 0.3) is 0 Å². The van der Waals surface area contributed by atoms with Gasteiger partial charge in [0.2, 0.25) is 0 Å². The second-order valence-electron chi connectivity index (χ2n) is 3.38. The maximum atomic E-state index is 5.96. The van der Waals surface area contributed by atoms with Crippen LogP contribution < -0.4 is 11.5 Å². The van der Waals surface area contributed by atoms with Crippen LogP contribution in [0.1, 0.15) is 36.9 Å². The molecule has 13 heavy (non-hydrogen) atoms. The maximum Gasteiger partial charge on any atom is 0.128 e. The Morgan fingerprint density at radius 1 is 1.54 bits per heavy atom. The molecular formula is C10H17N3. The minimum atomic E-state index is 0.0254. The molecule has 1 aromatic heterocycles. The van der Waals surface area contributed by atoms with Crippen molar-refractivity contribution in [3.8, 4) is 0 Å². The minimum Gasteiger partial charge on any atom is -0.383 e. The number of nitrogens with two attached hydrogens (primary N) is 2. The number of rotatable bonds is 3. The normalized spacial score (nSPS) is 12.8. The second kappa shape index (κ2) is 4.23. The van der Waals surface area contributed by atoms with Gasteiger partial charge in [-0.3, -0.25) is 0 Å². The molecule has 0 radical (unpaired) electrons. The largest absolute Gasteiger partial charge is 0.383 e. The van der Waals surface area contributed by atoms with Crippen molar-refractivity contribution in [3.05, 3.63) is 23.4 Å². The van der Waals surface area contributed by atoms with Crippen LogP contribution in [0.4, 0.5) is 5.82 Å². The summed E-state index contributed by atoms with van der Waals surface area (Å²) in [6, 6.07) is 2.04. The van der Waals surface area contributed by atoms with Gasteiger partial charge in [-0.15, -0.1) is 0 Å². The smallest absolute Gasteiger partial charge is 0.128 e. The van der Waals surface area contributed by atoms with E-state index < -0.39 is 0 Å². The van der Waals surface area contributed by atoms with Gasteiger partial charge in [0.05, 0.1) is 0 Å². The summed E-state index contributed by atoms with van der Waals surface area (Å²) in [7, 11) is 0. The number of hydrogen-bond donors (Lipinski definition) is 2. The molecule has 3 nitrogen and oxygen atoms in total. The molecule has 1 heterocycles. The third-order valence-corrected chi connectivity index (χ3v) is 2.09. The van der Waals surface area contributed by atoms with Crippen molar-refractivity contribution in [2.24, 2.45) is 5.73 Å². The summed E-state index contributed by atoms with van der Waals surface area (Å²) in [4.78, 5) is 4.08. The van der Waals surface area contributed by atoms with Crippen molar-refractivity contribution in [2.45, 2.75) is 32.7 Å². The summed E-state index contributed by atoms with van der Waals surface area (Å²) in [6.07, 6.45) is 3.78. The molecule has 0 amide bonds. The number of aromatic nitrogens is 1. The molecule has 0 aliphatic rings. The van der Waals surface area contributed by atoms with Gasteiger partial charge in [0.15, 0.2) is 0 Å². The average molecular weight is 179 g/mol. The van der Waals surface area contributed by atoms with E-state index in [1.54, 1.807) is 6.20 Å². The summed E-state index contributed by atoms with van der Waals surface area (Å²) < 4.78 is 0. The Morgan fingerprint density at radius 3 is 2.85 bits per heavy atom. The van der Waals surface area contributed by atoms with E-state index in [0.29, 0.717) is 5.82 Å². The van der Waals surface area contributed by atoms with E-state index in [1.165, 1.54) is 0 Å². The lowest BCUT2D eigenvalue weighted by atomic mass is 10.0. The summed E-state index contributed by atoms with van der Waals surface area (Å²) in [5, 5.41) is 0. The van der Waals surface area contributed by atoms with Gasteiger partial charge in [0.1, 0.15) is 5.82 Å². The Morgan fingerprint density at radius 2 is 2.23 bits per heavy atom. The summed E-state index contributed by atoms with van der Waals surface area (Å²) in [5.74, 6) is 0.562. The van der Waals surface area contributed by atoms with E-state index in [2.05, 4.69) is 11.9 Å². The number of nitrogens with zero attached hydrogens (tertiary/aromatic N) is 1. The van der Waals surface area contributed by atoms with Gasteiger partial charge in [-0.25, -0.2) is 4.98 Å². The van der Waals surface area contributed by atoms with Crippen molar-refractivity contribution in [3.63, 3.8) is 0 Å². The molecule has 0 saturated heterocycles. The third kappa shape index (κ3) is 2.42. The summed E-state index contributed by atoms with van der Waals surface area (Å²) in [5.41, 5.74) is 13.8. The molecule has 0 saturated carbocycles. The van der Waals surface area contributed by atoms with Gasteiger partial charge in [-0.1, -0.05) is 13.3 Å². The Balaban J connectivity index is 2.91. The number of pyridine rings is 1. The number of aryl methyl sites for hydroxylation is 1. The standard InChI is InChI=1S/C10H17N3/c1-3-4-9(11)8-5-7(2)6-13-10(8)12/h5-6,9H,3-4,11H2,1-2H3,(H2,12,13). The van der Waals surface area contributed by atoms with Crippen LogP contribution in [-0.2, 0) is 0 Å². The lowest BCUT2D eigenvalue weighted by molar-refractivity contribution is 0.638. The molecule has 0 aliphatic carbocycles. The topological polar surface area (TPSA) is 64.9 Å². The predicted octanol–water partition coefficient (Wildman–Crippen LogP) is 1.77. The molecule has 0 spiro atoms. The lowest BCUT2D eigenvalue weighted by Gasteiger charge is -2.12. The molecule has 1 aromatic rings. The fraction of sp³-hybridized carbons (Fsp3) is 0.500. The fourth-order valence-corrected chi connectivity index (χ4v) is 1.37. The Labute approximate surface area is 79.2 Å². The van der Waals surface area contributed by atoms with E-state index in [-0.39, 0.29) is 6.04 Å². The van der Waals surface area contributed by atoms with Crippen LogP contribution in [0, 0.1) is 6.92 Å². The first-order valence-corrected chi connectivity index (χ1v) is 4.62. The lowest BCUT2D eigenvalue weighted by Crippen LogP contribution is -2.13. The molecule has 72 valence electrons. The Hall–Kier alpha value is -1.09. The molecule has 3 heteroatoms. The first-order valence-electron chi connectivity index (χ1n) is 4.62. The summed E-state index contributed by atoms with van der Waals surface area (Å²) >= 11 is 0. The Kier molecular flexibility index (Phi) is 3.25. The molecule has 0 fully saturated rings. The first kappa shape index (κ1) is 9.99. The predicted molar refractivity (Wildman–Crippen MR) is 55.2 cm³/mol. The van der Waals surface area contributed by atoms with Gasteiger partial charge < -0.3 is 11.5 Å². The van der Waals surface area contributed by atoms with Crippen molar-refractivity contribution in [1.29, 1.82) is 0 Å². The van der Waals surface area contributed by atoms with Crippen LogP contribution in [-0.4, -0.2) is 4.98 Å². The SMILES string of the molecule is CCCC(N)c1cc(C)cnc1N. The van der Waals surface area contributed by atoms with E-state index in [1.807, 2.05) is 13.0 Å². The van der Waals surface area contributed by atoms with E-state index in [0.717, 1.165) is 24.0 Å². The molecule has 0 aliphatic heterocycles. The van der Waals surface area contributed by atoms with Crippen LogP contribution in [0.3, 0.4) is 0 Å². The van der Waals surface area contributed by atoms with E-state index in [4.69, 9.17) is 11.5 Å². The highest BCUT2D eigenvalue weighted by Gasteiger charge is 2.09. The van der Waals surface area contributed by atoms with Crippen LogP contribution in [0.5, 0.6) is 0 Å².